The Morgan fingerprint density at radius 3 is 2.28 bits per heavy atom. The molecule has 0 radical (unpaired) electrons. The van der Waals surface area contributed by atoms with Crippen molar-refractivity contribution in [3.05, 3.63) is 29.8 Å². The van der Waals surface area contributed by atoms with Gasteiger partial charge in [0.25, 0.3) is 0 Å². The Labute approximate surface area is 110 Å². The molecule has 102 valence electrons. The number of methoxy groups -OCH3 is 1. The lowest BCUT2D eigenvalue weighted by Crippen LogP contribution is -2.31. The van der Waals surface area contributed by atoms with Crippen LogP contribution in [0.2, 0.25) is 0 Å². The van der Waals surface area contributed by atoms with E-state index in [9.17, 15) is 0 Å². The van der Waals surface area contributed by atoms with Gasteiger partial charge in [-0.1, -0.05) is 25.5 Å². The van der Waals surface area contributed by atoms with Crippen LogP contribution < -0.4 is 10.1 Å². The largest absolute Gasteiger partial charge is 0.497 e. The van der Waals surface area contributed by atoms with Gasteiger partial charge in [0.15, 0.2) is 0 Å². The quantitative estimate of drug-likeness (QED) is 0.770. The van der Waals surface area contributed by atoms with Gasteiger partial charge in [0.05, 0.1) is 19.3 Å². The first-order valence-corrected chi connectivity index (χ1v) is 6.69. The van der Waals surface area contributed by atoms with E-state index >= 15 is 0 Å². The molecule has 0 aliphatic rings. The highest BCUT2D eigenvalue weighted by Crippen LogP contribution is 2.24. The van der Waals surface area contributed by atoms with Gasteiger partial charge < -0.3 is 14.8 Å². The van der Waals surface area contributed by atoms with Crippen molar-refractivity contribution in [2.24, 2.45) is 0 Å². The summed E-state index contributed by atoms with van der Waals surface area (Å²) in [5, 5.41) is 3.36. The summed E-state index contributed by atoms with van der Waals surface area (Å²) in [4.78, 5) is 0. The summed E-state index contributed by atoms with van der Waals surface area (Å²) in [7, 11) is 3.67. The van der Waals surface area contributed by atoms with Gasteiger partial charge in [-0.3, -0.25) is 0 Å². The fourth-order valence-corrected chi connectivity index (χ4v) is 2.22. The zero-order valence-electron chi connectivity index (χ0n) is 11.9. The summed E-state index contributed by atoms with van der Waals surface area (Å²) in [5.74, 6) is 0.886. The van der Waals surface area contributed by atoms with E-state index < -0.39 is 0 Å². The summed E-state index contributed by atoms with van der Waals surface area (Å²) in [5.41, 5.74) is 1.24. The molecule has 0 aromatic heterocycles. The van der Waals surface area contributed by atoms with E-state index in [4.69, 9.17) is 9.47 Å². The molecule has 0 aliphatic heterocycles. The molecule has 0 saturated carbocycles. The Balaban J connectivity index is 2.83. The van der Waals surface area contributed by atoms with Gasteiger partial charge in [0.1, 0.15) is 5.75 Å². The topological polar surface area (TPSA) is 30.5 Å². The van der Waals surface area contributed by atoms with Crippen molar-refractivity contribution in [3.63, 3.8) is 0 Å². The molecule has 0 spiro atoms. The van der Waals surface area contributed by atoms with Gasteiger partial charge in [-0.25, -0.2) is 0 Å². The maximum atomic E-state index is 5.85. The molecule has 0 amide bonds. The first-order chi connectivity index (χ1) is 8.76. The Bertz CT molecular complexity index is 318. The summed E-state index contributed by atoms with van der Waals surface area (Å²) >= 11 is 0. The van der Waals surface area contributed by atoms with Crippen LogP contribution in [0.3, 0.4) is 0 Å². The van der Waals surface area contributed by atoms with Crippen molar-refractivity contribution in [1.82, 2.24) is 5.32 Å². The number of nitrogens with one attached hydrogen (secondary N) is 1. The van der Waals surface area contributed by atoms with Crippen LogP contribution in [-0.2, 0) is 4.74 Å². The summed E-state index contributed by atoms with van der Waals surface area (Å²) in [6.45, 7) is 4.98. The van der Waals surface area contributed by atoms with Gasteiger partial charge in [0.2, 0.25) is 0 Å². The molecule has 0 saturated heterocycles. The van der Waals surface area contributed by atoms with Crippen molar-refractivity contribution in [2.45, 2.75) is 38.8 Å². The van der Waals surface area contributed by atoms with Crippen molar-refractivity contribution in [2.75, 3.05) is 20.8 Å². The van der Waals surface area contributed by atoms with E-state index in [0.717, 1.165) is 25.2 Å². The Morgan fingerprint density at radius 1 is 1.17 bits per heavy atom. The molecule has 2 unspecified atom stereocenters. The minimum Gasteiger partial charge on any atom is -0.497 e. The lowest BCUT2D eigenvalue weighted by atomic mass is 9.98. The number of likely N-dealkylation sites (N-methyl/N-ethyl adjacent to an activating group) is 1. The third-order valence-electron chi connectivity index (χ3n) is 3.11. The maximum absolute atomic E-state index is 5.85. The third kappa shape index (κ3) is 4.00. The van der Waals surface area contributed by atoms with Crippen LogP contribution in [0.25, 0.3) is 0 Å². The highest BCUT2D eigenvalue weighted by Gasteiger charge is 2.21. The monoisotopic (exact) mass is 251 g/mol. The van der Waals surface area contributed by atoms with E-state index in [1.807, 2.05) is 26.1 Å². The molecule has 1 rings (SSSR count). The van der Waals surface area contributed by atoms with Crippen molar-refractivity contribution >= 4 is 0 Å². The van der Waals surface area contributed by atoms with Crippen LogP contribution in [-0.4, -0.2) is 26.9 Å². The van der Waals surface area contributed by atoms with Crippen LogP contribution in [0.4, 0.5) is 0 Å². The van der Waals surface area contributed by atoms with E-state index in [0.29, 0.717) is 0 Å². The zero-order valence-corrected chi connectivity index (χ0v) is 11.9. The van der Waals surface area contributed by atoms with Gasteiger partial charge in [-0.15, -0.1) is 0 Å². The SMILES string of the molecule is CCCC(OCC)C(NC)c1ccc(OC)cc1. The highest BCUT2D eigenvalue weighted by atomic mass is 16.5. The van der Waals surface area contributed by atoms with E-state index in [2.05, 4.69) is 24.4 Å². The number of rotatable bonds is 8. The lowest BCUT2D eigenvalue weighted by molar-refractivity contribution is 0.0295. The normalized spacial score (nSPS) is 14.2. The number of ether oxygens (including phenoxy) is 2. The van der Waals surface area contributed by atoms with Gasteiger partial charge in [0, 0.05) is 6.61 Å². The lowest BCUT2D eigenvalue weighted by Gasteiger charge is -2.27. The molecule has 0 bridgehead atoms. The van der Waals surface area contributed by atoms with Crippen LogP contribution in [0.1, 0.15) is 38.3 Å². The Hall–Kier alpha value is -1.06. The fraction of sp³-hybridized carbons (Fsp3) is 0.600. The first-order valence-electron chi connectivity index (χ1n) is 6.69. The molecule has 18 heavy (non-hydrogen) atoms. The average Bonchev–Trinajstić information content (AvgIpc) is 2.41. The molecule has 1 aromatic carbocycles. The molecular weight excluding hydrogens is 226 g/mol. The summed E-state index contributed by atoms with van der Waals surface area (Å²) < 4.78 is 11.0. The third-order valence-corrected chi connectivity index (χ3v) is 3.11. The Kier molecular flexibility index (Phi) is 6.76. The number of benzene rings is 1. The standard InChI is InChI=1S/C15H25NO2/c1-5-7-14(18-6-2)15(16-3)12-8-10-13(17-4)11-9-12/h8-11,14-16H,5-7H2,1-4H3. The smallest absolute Gasteiger partial charge is 0.118 e. The van der Waals surface area contributed by atoms with E-state index in [1.165, 1.54) is 5.56 Å². The number of hydrogen-bond donors (Lipinski definition) is 1. The average molecular weight is 251 g/mol. The second kappa shape index (κ2) is 8.11. The zero-order chi connectivity index (χ0) is 13.4. The van der Waals surface area contributed by atoms with Crippen molar-refractivity contribution in [1.29, 1.82) is 0 Å². The van der Waals surface area contributed by atoms with Crippen LogP contribution in [0, 0.1) is 0 Å². The molecule has 0 aliphatic carbocycles. The molecular formula is C15H25NO2. The van der Waals surface area contributed by atoms with Gasteiger partial charge in [-0.05, 0) is 38.1 Å². The maximum Gasteiger partial charge on any atom is 0.118 e. The summed E-state index contributed by atoms with van der Waals surface area (Å²) in [6.07, 6.45) is 2.41. The van der Waals surface area contributed by atoms with Gasteiger partial charge >= 0.3 is 0 Å². The molecule has 3 heteroatoms. The highest BCUT2D eigenvalue weighted by molar-refractivity contribution is 5.29. The number of hydrogen-bond acceptors (Lipinski definition) is 3. The first kappa shape index (κ1) is 15.0. The van der Waals surface area contributed by atoms with E-state index in [1.54, 1.807) is 7.11 Å². The molecule has 0 fully saturated rings. The summed E-state index contributed by atoms with van der Waals surface area (Å²) in [6, 6.07) is 8.42. The van der Waals surface area contributed by atoms with Crippen LogP contribution >= 0.6 is 0 Å². The predicted octanol–water partition coefficient (Wildman–Crippen LogP) is 3.16. The van der Waals surface area contributed by atoms with Crippen molar-refractivity contribution in [3.8, 4) is 5.75 Å². The minimum atomic E-state index is 0.221. The molecule has 2 atom stereocenters. The molecule has 3 nitrogen and oxygen atoms in total. The Morgan fingerprint density at radius 2 is 1.83 bits per heavy atom. The molecule has 0 heterocycles. The minimum absolute atomic E-state index is 0.221. The van der Waals surface area contributed by atoms with E-state index in [-0.39, 0.29) is 12.1 Å². The van der Waals surface area contributed by atoms with Gasteiger partial charge in [-0.2, -0.15) is 0 Å². The fourth-order valence-electron chi connectivity index (χ4n) is 2.22. The van der Waals surface area contributed by atoms with Crippen molar-refractivity contribution < 1.29 is 9.47 Å². The van der Waals surface area contributed by atoms with Crippen LogP contribution in [0.15, 0.2) is 24.3 Å². The molecule has 1 aromatic rings. The second-order valence-electron chi connectivity index (χ2n) is 4.32. The second-order valence-corrected chi connectivity index (χ2v) is 4.32. The molecule has 1 N–H and O–H groups in total. The van der Waals surface area contributed by atoms with Crippen LogP contribution in [0.5, 0.6) is 5.75 Å². The predicted molar refractivity (Wildman–Crippen MR) is 75.1 cm³/mol.